The van der Waals surface area contributed by atoms with Crippen molar-refractivity contribution in [2.45, 2.75) is 12.8 Å². The summed E-state index contributed by atoms with van der Waals surface area (Å²) in [5.41, 5.74) is 4.19. The molecule has 7 aromatic rings. The van der Waals surface area contributed by atoms with Crippen molar-refractivity contribution in [1.29, 1.82) is 0 Å². The number of fused-ring (bicyclic) bond motifs is 7. The molecular weight excluding hydrogens is 384 g/mol. The third-order valence-corrected chi connectivity index (χ3v) is 7.60. The first-order valence-electron chi connectivity index (χ1n) is 11.5. The maximum absolute atomic E-state index is 2.50. The number of hydrogen-bond acceptors (Lipinski definition) is 0. The van der Waals surface area contributed by atoms with E-state index >= 15 is 0 Å². The molecule has 7 aromatic carbocycles. The average molecular weight is 405 g/mol. The minimum absolute atomic E-state index is 1.12. The van der Waals surface area contributed by atoms with Crippen molar-refractivity contribution in [1.82, 2.24) is 0 Å². The van der Waals surface area contributed by atoms with Gasteiger partial charge in [-0.3, -0.25) is 0 Å². The van der Waals surface area contributed by atoms with Crippen LogP contribution in [0.2, 0.25) is 0 Å². The van der Waals surface area contributed by atoms with Crippen molar-refractivity contribution in [2.24, 2.45) is 0 Å². The maximum atomic E-state index is 2.50. The van der Waals surface area contributed by atoms with E-state index in [1.165, 1.54) is 75.8 Å². The fourth-order valence-corrected chi connectivity index (χ4v) is 6.45. The average Bonchev–Trinajstić information content (AvgIpc) is 3.36. The van der Waals surface area contributed by atoms with Crippen LogP contribution in [0, 0.1) is 0 Å². The summed E-state index contributed by atoms with van der Waals surface area (Å²) >= 11 is 0. The Kier molecular flexibility index (Phi) is 3.07. The quantitative estimate of drug-likeness (QED) is 0.260. The Hall–Kier alpha value is -3.90. The third kappa shape index (κ3) is 1.90. The first-order chi connectivity index (χ1) is 15.9. The van der Waals surface area contributed by atoms with Crippen LogP contribution < -0.4 is 5.22 Å². The Morgan fingerprint density at radius 3 is 2.03 bits per heavy atom. The Morgan fingerprint density at radius 1 is 0.438 bits per heavy atom. The van der Waals surface area contributed by atoms with Crippen LogP contribution in [0.3, 0.4) is 0 Å². The molecule has 0 aliphatic heterocycles. The predicted molar refractivity (Wildman–Crippen MR) is 139 cm³/mol. The van der Waals surface area contributed by atoms with Crippen molar-refractivity contribution in [3.05, 3.63) is 102 Å². The SMILES string of the molecule is C1=c2c3c(cccc3c3c(-c4ccccc4)c4cccc5c6ccccc6c(c23)c45)CC1. The van der Waals surface area contributed by atoms with E-state index in [0.717, 1.165) is 12.8 Å². The van der Waals surface area contributed by atoms with E-state index in [1.807, 2.05) is 0 Å². The van der Waals surface area contributed by atoms with Crippen LogP contribution in [-0.2, 0) is 6.42 Å². The van der Waals surface area contributed by atoms with Gasteiger partial charge in [0, 0.05) is 0 Å². The van der Waals surface area contributed by atoms with E-state index in [1.54, 1.807) is 0 Å². The smallest absolute Gasteiger partial charge is 0.000752 e. The zero-order valence-electron chi connectivity index (χ0n) is 17.7. The molecule has 1 aliphatic carbocycles. The molecule has 0 fully saturated rings. The molecule has 0 nitrogen and oxygen atoms in total. The van der Waals surface area contributed by atoms with Crippen molar-refractivity contribution >= 4 is 59.9 Å². The summed E-state index contributed by atoms with van der Waals surface area (Å²) in [6.45, 7) is 0. The van der Waals surface area contributed by atoms with Gasteiger partial charge in [-0.05, 0) is 88.6 Å². The number of aryl methyl sites for hydroxylation is 1. The van der Waals surface area contributed by atoms with Crippen LogP contribution in [0.1, 0.15) is 12.0 Å². The molecule has 0 spiro atoms. The van der Waals surface area contributed by atoms with Crippen LogP contribution >= 0.6 is 0 Å². The van der Waals surface area contributed by atoms with Crippen LogP contribution in [-0.4, -0.2) is 0 Å². The van der Waals surface area contributed by atoms with Crippen molar-refractivity contribution in [2.75, 3.05) is 0 Å². The molecule has 32 heavy (non-hydrogen) atoms. The fraction of sp³-hybridized carbons (Fsp3) is 0.0625. The van der Waals surface area contributed by atoms with Crippen LogP contribution in [0.4, 0.5) is 0 Å². The highest BCUT2D eigenvalue weighted by Gasteiger charge is 2.24. The summed E-state index contributed by atoms with van der Waals surface area (Å²) in [7, 11) is 0. The first-order valence-corrected chi connectivity index (χ1v) is 11.5. The Morgan fingerprint density at radius 2 is 1.12 bits per heavy atom. The van der Waals surface area contributed by atoms with Gasteiger partial charge < -0.3 is 0 Å². The molecule has 0 radical (unpaired) electrons. The lowest BCUT2D eigenvalue weighted by Gasteiger charge is -2.12. The standard InChI is InChI=1S/C32H20/c1-2-9-20(10-3-1)28-26-18-8-15-22-21-13-4-5-14-23(21)30(29(22)26)32-25-17-7-12-19-11-6-16-24(27(19)25)31(28)32/h1-6,8-11,13-18H,7,12H2. The van der Waals surface area contributed by atoms with E-state index in [0.29, 0.717) is 0 Å². The minimum atomic E-state index is 1.12. The second-order valence-electron chi connectivity index (χ2n) is 9.14. The normalized spacial score (nSPS) is 13.6. The summed E-state index contributed by atoms with van der Waals surface area (Å²) in [5.74, 6) is 0. The van der Waals surface area contributed by atoms with E-state index < -0.39 is 0 Å². The van der Waals surface area contributed by atoms with E-state index in [-0.39, 0.29) is 0 Å². The maximum Gasteiger partial charge on any atom is -0.000752 e. The molecule has 0 bridgehead atoms. The molecule has 1 aliphatic rings. The first kappa shape index (κ1) is 16.8. The van der Waals surface area contributed by atoms with Crippen molar-refractivity contribution < 1.29 is 0 Å². The lowest BCUT2D eigenvalue weighted by molar-refractivity contribution is 1.04. The molecule has 0 N–H and O–H groups in total. The summed E-state index contributed by atoms with van der Waals surface area (Å²) in [5, 5.41) is 15.6. The van der Waals surface area contributed by atoms with Gasteiger partial charge in [0.2, 0.25) is 0 Å². The topological polar surface area (TPSA) is 0 Å². The highest BCUT2D eigenvalue weighted by Crippen LogP contribution is 2.49. The molecule has 0 unspecified atom stereocenters. The molecule has 0 aromatic heterocycles. The van der Waals surface area contributed by atoms with Crippen LogP contribution in [0.15, 0.2) is 91.0 Å². The van der Waals surface area contributed by atoms with Gasteiger partial charge >= 0.3 is 0 Å². The number of rotatable bonds is 1. The predicted octanol–water partition coefficient (Wildman–Crippen LogP) is 8.00. The number of hydrogen-bond donors (Lipinski definition) is 0. The minimum Gasteiger partial charge on any atom is -0.0757 e. The molecule has 0 saturated carbocycles. The van der Waals surface area contributed by atoms with Gasteiger partial charge in [-0.25, -0.2) is 0 Å². The van der Waals surface area contributed by atoms with Crippen LogP contribution in [0.25, 0.3) is 71.1 Å². The summed E-state index contributed by atoms with van der Waals surface area (Å²) in [6.07, 6.45) is 4.75. The van der Waals surface area contributed by atoms with Gasteiger partial charge in [0.15, 0.2) is 0 Å². The lowest BCUT2D eigenvalue weighted by Crippen LogP contribution is -2.06. The van der Waals surface area contributed by atoms with E-state index in [4.69, 9.17) is 0 Å². The molecule has 148 valence electrons. The number of benzene rings is 5. The molecular formula is C32H20. The fourth-order valence-electron chi connectivity index (χ4n) is 6.45. The van der Waals surface area contributed by atoms with Gasteiger partial charge in [0.05, 0.1) is 0 Å². The highest BCUT2D eigenvalue weighted by atomic mass is 14.3. The summed E-state index contributed by atoms with van der Waals surface area (Å²) < 4.78 is 0. The largest absolute Gasteiger partial charge is 0.0757 e. The highest BCUT2D eigenvalue weighted by molar-refractivity contribution is 6.43. The molecule has 0 atom stereocenters. The third-order valence-electron chi connectivity index (χ3n) is 7.60. The summed E-state index contributed by atoms with van der Waals surface area (Å²) in [6, 6.07) is 33.8. The van der Waals surface area contributed by atoms with Gasteiger partial charge in [0.1, 0.15) is 0 Å². The van der Waals surface area contributed by atoms with Gasteiger partial charge in [-0.15, -0.1) is 0 Å². The molecule has 8 rings (SSSR count). The van der Waals surface area contributed by atoms with Crippen molar-refractivity contribution in [3.8, 4) is 11.1 Å². The lowest BCUT2D eigenvalue weighted by atomic mass is 9.90. The Bertz CT molecular complexity index is 1910. The van der Waals surface area contributed by atoms with E-state index in [2.05, 4.69) is 97.1 Å². The van der Waals surface area contributed by atoms with Crippen LogP contribution in [0.5, 0.6) is 0 Å². The zero-order chi connectivity index (χ0) is 20.8. The molecule has 0 amide bonds. The summed E-state index contributed by atoms with van der Waals surface area (Å²) in [4.78, 5) is 0. The van der Waals surface area contributed by atoms with Crippen molar-refractivity contribution in [3.63, 3.8) is 0 Å². The Labute approximate surface area is 185 Å². The molecule has 0 saturated heterocycles. The second-order valence-corrected chi connectivity index (χ2v) is 9.14. The molecule has 0 heteroatoms. The van der Waals surface area contributed by atoms with Gasteiger partial charge in [-0.1, -0.05) is 97.1 Å². The monoisotopic (exact) mass is 404 g/mol. The molecule has 0 heterocycles. The van der Waals surface area contributed by atoms with E-state index in [9.17, 15) is 0 Å². The second kappa shape index (κ2) is 5.87. The van der Waals surface area contributed by atoms with Gasteiger partial charge in [-0.2, -0.15) is 0 Å². The zero-order valence-corrected chi connectivity index (χ0v) is 17.7. The Balaban J connectivity index is 1.83. The van der Waals surface area contributed by atoms with Gasteiger partial charge in [0.25, 0.3) is 0 Å².